The van der Waals surface area contributed by atoms with E-state index in [-0.39, 0.29) is 24.0 Å². The summed E-state index contributed by atoms with van der Waals surface area (Å²) in [4.78, 5) is 0. The van der Waals surface area contributed by atoms with Crippen molar-refractivity contribution >= 4 is 0 Å². The van der Waals surface area contributed by atoms with E-state index in [1.54, 1.807) is 0 Å². The highest BCUT2D eigenvalue weighted by atomic mass is 127. The molecule has 0 bridgehead atoms. The summed E-state index contributed by atoms with van der Waals surface area (Å²) in [6.07, 6.45) is 11.9. The van der Waals surface area contributed by atoms with Crippen LogP contribution in [0.2, 0.25) is 0 Å². The molecule has 124 valence electrons. The van der Waals surface area contributed by atoms with Crippen LogP contribution in [0.3, 0.4) is 0 Å². The highest BCUT2D eigenvalue weighted by molar-refractivity contribution is 4.50. The van der Waals surface area contributed by atoms with Gasteiger partial charge >= 0.3 is 0 Å². The fraction of sp³-hybridized carbons (Fsp3) is 1.00. The van der Waals surface area contributed by atoms with Crippen molar-refractivity contribution in [3.8, 4) is 0 Å². The summed E-state index contributed by atoms with van der Waals surface area (Å²) in [5.41, 5.74) is 0. The van der Waals surface area contributed by atoms with Crippen LogP contribution in [0.1, 0.15) is 78.6 Å². The van der Waals surface area contributed by atoms with E-state index in [1.807, 2.05) is 0 Å². The van der Waals surface area contributed by atoms with Gasteiger partial charge in [0, 0.05) is 0 Å². The first-order chi connectivity index (χ1) is 9.24. The number of aliphatic hydroxyl groups is 1. The highest BCUT2D eigenvalue weighted by Crippen LogP contribution is 2.16. The molecular formula is C17H38INO. The number of rotatable bonds is 14. The molecule has 20 heavy (non-hydrogen) atoms. The van der Waals surface area contributed by atoms with Gasteiger partial charge in [-0.3, -0.25) is 0 Å². The Bertz CT molecular complexity index is 161. The van der Waals surface area contributed by atoms with Gasteiger partial charge in [-0.15, -0.1) is 0 Å². The zero-order valence-electron chi connectivity index (χ0n) is 14.2. The molecule has 0 unspecified atom stereocenters. The Labute approximate surface area is 144 Å². The van der Waals surface area contributed by atoms with Gasteiger partial charge in [0.15, 0.2) is 0 Å². The van der Waals surface area contributed by atoms with Crippen molar-refractivity contribution in [1.82, 2.24) is 0 Å². The third-order valence-electron chi connectivity index (χ3n) is 4.28. The lowest BCUT2D eigenvalue weighted by Crippen LogP contribution is -3.00. The normalized spacial score (nSPS) is 11.4. The maximum Gasteiger partial charge on any atom is 0.102 e. The lowest BCUT2D eigenvalue weighted by Gasteiger charge is -2.39. The minimum absolute atomic E-state index is 0. The van der Waals surface area contributed by atoms with Gasteiger partial charge in [0.2, 0.25) is 0 Å². The lowest BCUT2D eigenvalue weighted by atomic mass is 10.1. The van der Waals surface area contributed by atoms with Crippen molar-refractivity contribution in [2.24, 2.45) is 0 Å². The quantitative estimate of drug-likeness (QED) is 0.266. The van der Waals surface area contributed by atoms with Gasteiger partial charge in [-0.05, 0) is 38.5 Å². The van der Waals surface area contributed by atoms with Crippen molar-refractivity contribution in [2.45, 2.75) is 78.6 Å². The Kier molecular flexibility index (Phi) is 18.4. The van der Waals surface area contributed by atoms with E-state index in [0.29, 0.717) is 6.61 Å². The molecule has 0 aliphatic heterocycles. The molecule has 3 heteroatoms. The molecule has 0 amide bonds. The molecule has 0 saturated heterocycles. The van der Waals surface area contributed by atoms with E-state index < -0.39 is 0 Å². The Balaban J connectivity index is 0. The first kappa shape index (κ1) is 22.9. The van der Waals surface area contributed by atoms with E-state index in [4.69, 9.17) is 0 Å². The summed E-state index contributed by atoms with van der Waals surface area (Å²) in [5, 5.41) is 9.46. The van der Waals surface area contributed by atoms with Crippen LogP contribution < -0.4 is 24.0 Å². The molecule has 0 saturated carbocycles. The van der Waals surface area contributed by atoms with Gasteiger partial charge in [0.25, 0.3) is 0 Å². The van der Waals surface area contributed by atoms with Crippen LogP contribution in [0, 0.1) is 0 Å². The first-order valence-corrected chi connectivity index (χ1v) is 8.70. The molecule has 0 heterocycles. The van der Waals surface area contributed by atoms with Gasteiger partial charge in [0.05, 0.1) is 26.2 Å². The minimum atomic E-state index is 0. The largest absolute Gasteiger partial charge is 1.00 e. The van der Waals surface area contributed by atoms with E-state index >= 15 is 0 Å². The molecule has 0 aliphatic rings. The van der Waals surface area contributed by atoms with Crippen molar-refractivity contribution < 1.29 is 33.6 Å². The van der Waals surface area contributed by atoms with E-state index in [9.17, 15) is 5.11 Å². The minimum Gasteiger partial charge on any atom is -1.00 e. The monoisotopic (exact) mass is 399 g/mol. The summed E-state index contributed by atoms with van der Waals surface area (Å²) in [6.45, 7) is 12.0. The molecule has 1 N–H and O–H groups in total. The number of nitrogens with zero attached hydrogens (tertiary/aromatic N) is 1. The molecule has 0 aromatic rings. The van der Waals surface area contributed by atoms with Crippen molar-refractivity contribution in [1.29, 1.82) is 0 Å². The number of aliphatic hydroxyl groups excluding tert-OH is 1. The number of halogens is 1. The van der Waals surface area contributed by atoms with Crippen molar-refractivity contribution in [3.05, 3.63) is 0 Å². The van der Waals surface area contributed by atoms with E-state index in [2.05, 4.69) is 20.8 Å². The van der Waals surface area contributed by atoms with Crippen molar-refractivity contribution in [3.63, 3.8) is 0 Å². The number of hydrogen-bond donors (Lipinski definition) is 1. The van der Waals surface area contributed by atoms with Gasteiger partial charge in [0.1, 0.15) is 6.54 Å². The van der Waals surface area contributed by atoms with Crippen LogP contribution in [0.4, 0.5) is 0 Å². The smallest absolute Gasteiger partial charge is 0.102 e. The van der Waals surface area contributed by atoms with Crippen LogP contribution >= 0.6 is 0 Å². The van der Waals surface area contributed by atoms with E-state index in [1.165, 1.54) is 81.9 Å². The summed E-state index contributed by atoms with van der Waals surface area (Å²) in [6, 6.07) is 0. The average molecular weight is 399 g/mol. The predicted octanol–water partition coefficient (Wildman–Crippen LogP) is 1.37. The van der Waals surface area contributed by atoms with Gasteiger partial charge in [-0.25, -0.2) is 0 Å². The summed E-state index contributed by atoms with van der Waals surface area (Å²) >= 11 is 0. The molecule has 0 aromatic carbocycles. The predicted molar refractivity (Wildman–Crippen MR) is 85.4 cm³/mol. The maximum absolute atomic E-state index is 9.46. The van der Waals surface area contributed by atoms with Crippen molar-refractivity contribution in [2.75, 3.05) is 32.8 Å². The first-order valence-electron chi connectivity index (χ1n) is 8.70. The van der Waals surface area contributed by atoms with E-state index in [0.717, 1.165) is 6.54 Å². The molecular weight excluding hydrogens is 361 g/mol. The summed E-state index contributed by atoms with van der Waals surface area (Å²) in [7, 11) is 0. The molecule has 0 rings (SSSR count). The fourth-order valence-electron chi connectivity index (χ4n) is 2.97. The molecule has 0 aliphatic carbocycles. The zero-order chi connectivity index (χ0) is 14.4. The third-order valence-corrected chi connectivity index (χ3v) is 4.28. The topological polar surface area (TPSA) is 20.2 Å². The molecule has 2 nitrogen and oxygen atoms in total. The molecule has 0 fully saturated rings. The SMILES string of the molecule is CCCCC[N+](CCO)(CCCCC)CCCCC.[I-]. The average Bonchev–Trinajstić information content (AvgIpc) is 2.40. The lowest BCUT2D eigenvalue weighted by molar-refractivity contribution is -0.929. The number of hydrogen-bond acceptors (Lipinski definition) is 1. The standard InChI is InChI=1S/C17H38NO.HI/c1-4-7-10-13-18(16-17-19,14-11-8-5-2)15-12-9-6-3;/h19H,4-17H2,1-3H3;1H/q+1;/p-1. The maximum atomic E-state index is 9.46. The second kappa shape index (κ2) is 16.0. The molecule has 0 atom stereocenters. The number of unbranched alkanes of at least 4 members (excludes halogenated alkanes) is 6. The highest BCUT2D eigenvalue weighted by Gasteiger charge is 2.25. The molecule has 0 aromatic heterocycles. The van der Waals surface area contributed by atoms with Crippen LogP contribution in [-0.4, -0.2) is 42.4 Å². The Morgan fingerprint density at radius 1 is 0.600 bits per heavy atom. The zero-order valence-corrected chi connectivity index (χ0v) is 16.3. The van der Waals surface area contributed by atoms with Crippen LogP contribution in [0.25, 0.3) is 0 Å². The third kappa shape index (κ3) is 11.3. The Morgan fingerprint density at radius 2 is 0.950 bits per heavy atom. The second-order valence-electron chi connectivity index (χ2n) is 6.08. The summed E-state index contributed by atoms with van der Waals surface area (Å²) in [5.74, 6) is 0. The Hall–Kier alpha value is 0.650. The van der Waals surface area contributed by atoms with Crippen LogP contribution in [0.15, 0.2) is 0 Å². The van der Waals surface area contributed by atoms with Gasteiger partial charge in [-0.2, -0.15) is 0 Å². The molecule has 0 spiro atoms. The van der Waals surface area contributed by atoms with Gasteiger partial charge in [-0.1, -0.05) is 40.0 Å². The van der Waals surface area contributed by atoms with Crippen LogP contribution in [0.5, 0.6) is 0 Å². The summed E-state index contributed by atoms with van der Waals surface area (Å²) < 4.78 is 1.18. The number of quaternary nitrogens is 1. The fourth-order valence-corrected chi connectivity index (χ4v) is 2.97. The second-order valence-corrected chi connectivity index (χ2v) is 6.08. The van der Waals surface area contributed by atoms with Gasteiger partial charge < -0.3 is 33.6 Å². The molecule has 0 radical (unpaired) electrons. The van der Waals surface area contributed by atoms with Crippen LogP contribution in [-0.2, 0) is 0 Å². The Morgan fingerprint density at radius 3 is 1.20 bits per heavy atom.